The fourth-order valence-electron chi connectivity index (χ4n) is 3.86. The van der Waals surface area contributed by atoms with Crippen molar-refractivity contribution in [1.82, 2.24) is 15.0 Å². The molecule has 0 saturated carbocycles. The van der Waals surface area contributed by atoms with Crippen LogP contribution in [0.4, 0.5) is 10.1 Å². The molecule has 0 amide bonds. The smallest absolute Gasteiger partial charge is 0.261 e. The van der Waals surface area contributed by atoms with Crippen LogP contribution in [0.3, 0.4) is 0 Å². The van der Waals surface area contributed by atoms with Crippen LogP contribution in [0.25, 0.3) is 27.7 Å². The van der Waals surface area contributed by atoms with Gasteiger partial charge in [-0.15, -0.1) is 0 Å². The highest BCUT2D eigenvalue weighted by Gasteiger charge is 2.15. The Hall–Kier alpha value is -5.16. The molecule has 0 saturated heterocycles. The summed E-state index contributed by atoms with van der Waals surface area (Å²) in [5.74, 6) is 0.464. The first kappa shape index (κ1) is 26.4. The minimum Gasteiger partial charge on any atom is -0.457 e. The molecular formula is C29H23FN6O3S. The van der Waals surface area contributed by atoms with Crippen LogP contribution in [-0.2, 0) is 10.0 Å². The average molecular weight is 555 g/mol. The van der Waals surface area contributed by atoms with E-state index in [1.807, 2.05) is 18.2 Å². The van der Waals surface area contributed by atoms with Crippen LogP contribution in [0.2, 0.25) is 0 Å². The Balaban J connectivity index is 1.36. The molecule has 200 valence electrons. The molecule has 0 aliphatic heterocycles. The average Bonchev–Trinajstić information content (AvgIpc) is 2.97. The van der Waals surface area contributed by atoms with Crippen LogP contribution in [0, 0.1) is 5.82 Å². The van der Waals surface area contributed by atoms with Crippen molar-refractivity contribution in [2.24, 2.45) is 10.7 Å². The number of nitrogens with zero attached hydrogens (tertiary/aromatic N) is 4. The van der Waals surface area contributed by atoms with E-state index < -0.39 is 10.0 Å². The van der Waals surface area contributed by atoms with E-state index in [1.165, 1.54) is 60.9 Å². The molecule has 0 atom stereocenters. The molecule has 11 heteroatoms. The summed E-state index contributed by atoms with van der Waals surface area (Å²) in [6.45, 7) is 0. The summed E-state index contributed by atoms with van der Waals surface area (Å²) >= 11 is 0. The van der Waals surface area contributed by atoms with E-state index in [9.17, 15) is 12.8 Å². The molecule has 0 fully saturated rings. The minimum absolute atomic E-state index is 0.0391. The lowest BCUT2D eigenvalue weighted by Crippen LogP contribution is -2.13. The number of nitrogens with two attached hydrogens (primary N) is 1. The molecule has 0 unspecified atom stereocenters. The molecule has 3 N–H and O–H groups in total. The lowest BCUT2D eigenvalue weighted by molar-refractivity contribution is 0.480. The summed E-state index contributed by atoms with van der Waals surface area (Å²) in [5, 5.41) is 0. The Morgan fingerprint density at radius 2 is 1.65 bits per heavy atom. The van der Waals surface area contributed by atoms with Crippen molar-refractivity contribution in [2.75, 3.05) is 11.8 Å². The fraction of sp³-hybridized carbons (Fsp3) is 0.0345. The summed E-state index contributed by atoms with van der Waals surface area (Å²) in [5.41, 5.74) is 9.98. The molecule has 3 aromatic carbocycles. The van der Waals surface area contributed by atoms with Gasteiger partial charge in [-0.05, 0) is 72.3 Å². The Bertz CT molecular complexity index is 1840. The predicted octanol–water partition coefficient (Wildman–Crippen LogP) is 5.42. The van der Waals surface area contributed by atoms with Gasteiger partial charge in [-0.25, -0.2) is 17.8 Å². The molecule has 5 aromatic rings. The van der Waals surface area contributed by atoms with Gasteiger partial charge in [-0.2, -0.15) is 0 Å². The number of rotatable bonds is 8. The van der Waals surface area contributed by atoms with Crippen molar-refractivity contribution < 1.29 is 17.5 Å². The van der Waals surface area contributed by atoms with Crippen LogP contribution in [0.5, 0.6) is 11.5 Å². The first-order valence-corrected chi connectivity index (χ1v) is 13.5. The number of hydrogen-bond donors (Lipinski definition) is 2. The summed E-state index contributed by atoms with van der Waals surface area (Å²) in [6.07, 6.45) is 7.70. The number of anilines is 1. The van der Waals surface area contributed by atoms with Gasteiger partial charge in [0.05, 0.1) is 39.7 Å². The number of halogens is 1. The van der Waals surface area contributed by atoms with E-state index in [1.54, 1.807) is 31.7 Å². The summed E-state index contributed by atoms with van der Waals surface area (Å²) < 4.78 is 47.4. The number of sulfonamides is 1. The van der Waals surface area contributed by atoms with Gasteiger partial charge in [0.15, 0.2) is 0 Å². The molecule has 2 aromatic heterocycles. The number of aromatic nitrogens is 3. The molecule has 9 nitrogen and oxygen atoms in total. The highest BCUT2D eigenvalue weighted by molar-refractivity contribution is 7.92. The molecule has 0 bridgehead atoms. The number of allylic oxidation sites excluding steroid dienone is 1. The van der Waals surface area contributed by atoms with E-state index in [0.717, 1.165) is 5.56 Å². The second-order valence-electron chi connectivity index (χ2n) is 8.56. The van der Waals surface area contributed by atoms with Gasteiger partial charge in [-0.3, -0.25) is 19.7 Å². The Morgan fingerprint density at radius 1 is 0.925 bits per heavy atom. The Kier molecular flexibility index (Phi) is 7.47. The Morgan fingerprint density at radius 3 is 2.35 bits per heavy atom. The first-order chi connectivity index (χ1) is 19.3. The van der Waals surface area contributed by atoms with Gasteiger partial charge < -0.3 is 10.5 Å². The third-order valence-corrected chi connectivity index (χ3v) is 7.19. The van der Waals surface area contributed by atoms with Crippen molar-refractivity contribution in [1.29, 1.82) is 0 Å². The highest BCUT2D eigenvalue weighted by atomic mass is 32.2. The lowest BCUT2D eigenvalue weighted by atomic mass is 10.1. The SMILES string of the molecule is CN=CC(=CN)c1cnc2ccc(-c3cncc(NS(=O)(=O)c4ccc(Oc5ccc(F)cc5)cc4)c3)cc2n1. The van der Waals surface area contributed by atoms with Crippen molar-refractivity contribution >= 4 is 38.5 Å². The number of aliphatic imine (C=N–C) groups is 1. The van der Waals surface area contributed by atoms with Crippen molar-refractivity contribution in [3.63, 3.8) is 0 Å². The highest BCUT2D eigenvalue weighted by Crippen LogP contribution is 2.27. The molecule has 0 spiro atoms. The minimum atomic E-state index is -3.91. The number of ether oxygens (including phenoxy) is 1. The number of hydrogen-bond acceptors (Lipinski definition) is 8. The zero-order chi connectivity index (χ0) is 28.1. The maximum Gasteiger partial charge on any atom is 0.261 e. The maximum atomic E-state index is 13.1. The lowest BCUT2D eigenvalue weighted by Gasteiger charge is -2.11. The van der Waals surface area contributed by atoms with Crippen LogP contribution < -0.4 is 15.2 Å². The third kappa shape index (κ3) is 5.94. The van der Waals surface area contributed by atoms with Gasteiger partial charge in [0.25, 0.3) is 10.0 Å². The van der Waals surface area contributed by atoms with E-state index in [-0.39, 0.29) is 16.4 Å². The molecule has 0 radical (unpaired) electrons. The molecular weight excluding hydrogens is 531 g/mol. The van der Waals surface area contributed by atoms with Crippen LogP contribution in [-0.4, -0.2) is 36.6 Å². The van der Waals surface area contributed by atoms with Crippen molar-refractivity contribution in [2.45, 2.75) is 4.90 Å². The molecule has 40 heavy (non-hydrogen) atoms. The number of fused-ring (bicyclic) bond motifs is 1. The number of nitrogens with one attached hydrogen (secondary N) is 1. The maximum absolute atomic E-state index is 13.1. The van der Waals surface area contributed by atoms with E-state index in [2.05, 4.69) is 24.7 Å². The van der Waals surface area contributed by atoms with E-state index in [4.69, 9.17) is 10.5 Å². The van der Waals surface area contributed by atoms with E-state index >= 15 is 0 Å². The molecule has 0 aliphatic rings. The summed E-state index contributed by atoms with van der Waals surface area (Å²) in [4.78, 5) is 17.3. The van der Waals surface area contributed by atoms with Crippen LogP contribution in [0.1, 0.15) is 5.69 Å². The summed E-state index contributed by atoms with van der Waals surface area (Å²) in [7, 11) is -2.27. The Labute approximate surface area is 230 Å². The molecule has 5 rings (SSSR count). The third-order valence-electron chi connectivity index (χ3n) is 5.79. The summed E-state index contributed by atoms with van der Waals surface area (Å²) in [6, 6.07) is 18.6. The molecule has 2 heterocycles. The van der Waals surface area contributed by atoms with Crippen LogP contribution >= 0.6 is 0 Å². The van der Waals surface area contributed by atoms with Crippen LogP contribution in [0.15, 0.2) is 107 Å². The van der Waals surface area contributed by atoms with Crippen molar-refractivity contribution in [3.05, 3.63) is 109 Å². The van der Waals surface area contributed by atoms with Gasteiger partial charge in [0.1, 0.15) is 17.3 Å². The topological polar surface area (TPSA) is 132 Å². The predicted molar refractivity (Wildman–Crippen MR) is 153 cm³/mol. The second-order valence-corrected chi connectivity index (χ2v) is 10.2. The zero-order valence-corrected chi connectivity index (χ0v) is 22.0. The number of pyridine rings is 1. The standard InChI is InChI=1S/C29H23FN6O3S/c1-32-15-21(14-31)29-18-34-27-11-2-19(13-28(27)35-29)20-12-23(17-33-16-20)36-40(37,38)26-9-7-25(8-10-26)39-24-5-3-22(30)4-6-24/h2-18,36H,31H2,1H3. The normalized spacial score (nSPS) is 12.1. The van der Waals surface area contributed by atoms with Gasteiger partial charge in [0.2, 0.25) is 0 Å². The van der Waals surface area contributed by atoms with Gasteiger partial charge >= 0.3 is 0 Å². The van der Waals surface area contributed by atoms with Gasteiger partial charge in [-0.1, -0.05) is 6.07 Å². The molecule has 0 aliphatic carbocycles. The van der Waals surface area contributed by atoms with E-state index in [0.29, 0.717) is 39.4 Å². The number of benzene rings is 3. The van der Waals surface area contributed by atoms with Gasteiger partial charge in [0, 0.05) is 36.8 Å². The van der Waals surface area contributed by atoms with Crippen molar-refractivity contribution in [3.8, 4) is 22.6 Å². The second kappa shape index (κ2) is 11.3. The largest absolute Gasteiger partial charge is 0.457 e. The first-order valence-electron chi connectivity index (χ1n) is 12.0. The monoisotopic (exact) mass is 554 g/mol. The fourth-order valence-corrected chi connectivity index (χ4v) is 4.89. The zero-order valence-electron chi connectivity index (χ0n) is 21.2. The quantitative estimate of drug-likeness (QED) is 0.245.